The third kappa shape index (κ3) is 6.81. The predicted octanol–water partition coefficient (Wildman–Crippen LogP) is 1.09. The number of hydrogen-bond donors (Lipinski definition) is 4. The number of nitrogen functional groups attached to an aromatic ring is 1. The number of methoxy groups -OCH3 is 1. The minimum Gasteiger partial charge on any atom is -0.386 e. The fourth-order valence-corrected chi connectivity index (χ4v) is 11.8. The van der Waals surface area contributed by atoms with Crippen LogP contribution in [-0.4, -0.2) is 89.0 Å². The van der Waals surface area contributed by atoms with Crippen molar-refractivity contribution in [1.29, 1.82) is 0 Å². The summed E-state index contributed by atoms with van der Waals surface area (Å²) in [6.07, 6.45) is -3.58. The molecular weight excluding hydrogens is 593 g/mol. The number of hydrogen-bond acceptors (Lipinski definition) is 10. The molecule has 4 aromatic rings. The zero-order valence-corrected chi connectivity index (χ0v) is 25.8. The number of nitrogens with one attached hydrogen (secondary N) is 1. The number of anilines is 1. The molecule has 0 saturated carbocycles. The summed E-state index contributed by atoms with van der Waals surface area (Å²) >= 11 is 0. The maximum absolute atomic E-state index is 13.7. The van der Waals surface area contributed by atoms with Gasteiger partial charge in [-0.3, -0.25) is 23.4 Å². The van der Waals surface area contributed by atoms with Crippen LogP contribution in [0.5, 0.6) is 0 Å². The molecule has 5 N–H and O–H groups in total. The van der Waals surface area contributed by atoms with Crippen molar-refractivity contribution in [2.24, 2.45) is 0 Å². The number of nitrogens with two attached hydrogens (primary N) is 1. The molecule has 2 aromatic carbocycles. The Balaban J connectivity index is 1.39. The lowest BCUT2D eigenvalue weighted by Gasteiger charge is -2.30. The van der Waals surface area contributed by atoms with Crippen LogP contribution in [0, 0.1) is 0 Å². The summed E-state index contributed by atoms with van der Waals surface area (Å²) in [5.74, 6) is -0.136. The van der Waals surface area contributed by atoms with Crippen LogP contribution in [-0.2, 0) is 23.3 Å². The zero-order chi connectivity index (χ0) is 30.6. The first-order chi connectivity index (χ1) is 20.6. The summed E-state index contributed by atoms with van der Waals surface area (Å²) in [5, 5.41) is 13.6. The lowest BCUT2D eigenvalue weighted by molar-refractivity contribution is -0.0686. The Labute approximate surface area is 249 Å². The van der Waals surface area contributed by atoms with E-state index in [9.17, 15) is 19.4 Å². The van der Waals surface area contributed by atoms with Gasteiger partial charge in [0.2, 0.25) is 5.95 Å². The van der Waals surface area contributed by atoms with E-state index in [-0.39, 0.29) is 36.5 Å². The molecule has 3 heterocycles. The fraction of sp³-hybridized carbons (Fsp3) is 0.393. The van der Waals surface area contributed by atoms with E-state index >= 15 is 0 Å². The molecule has 0 radical (unpaired) electrons. The topological polar surface area (TPSA) is 184 Å². The number of imidazole rings is 1. The molecule has 15 heteroatoms. The van der Waals surface area contributed by atoms with Crippen LogP contribution in [0.15, 0.2) is 71.8 Å². The molecule has 0 spiro atoms. The van der Waals surface area contributed by atoms with E-state index in [0.29, 0.717) is 12.7 Å². The van der Waals surface area contributed by atoms with Gasteiger partial charge in [0, 0.05) is 13.3 Å². The number of H-pyrrole nitrogens is 1. The first kappa shape index (κ1) is 31.2. The zero-order valence-electron chi connectivity index (χ0n) is 23.9. The molecule has 2 aromatic heterocycles. The van der Waals surface area contributed by atoms with E-state index in [4.69, 9.17) is 24.5 Å². The molecule has 43 heavy (non-hydrogen) atoms. The van der Waals surface area contributed by atoms with Crippen LogP contribution < -0.4 is 21.7 Å². The second-order valence-corrected chi connectivity index (χ2v) is 16.9. The van der Waals surface area contributed by atoms with E-state index in [0.717, 1.165) is 10.4 Å². The minimum absolute atomic E-state index is 0.00108. The van der Waals surface area contributed by atoms with Crippen molar-refractivity contribution in [3.63, 3.8) is 0 Å². The SMILES string of the molecule is COCCOC[C@H]1O[C@@H](n2cnc3c(=O)[nH]c(N)nc32)[C@H](O)[C@@H]1OP(=O)(O)CC[Si](C)(c1ccccc1)c1ccccc1. The Bertz CT molecular complexity index is 1580. The summed E-state index contributed by atoms with van der Waals surface area (Å²) in [4.78, 5) is 34.1. The number of aromatic amines is 1. The van der Waals surface area contributed by atoms with Gasteiger partial charge < -0.3 is 29.9 Å². The second kappa shape index (κ2) is 13.2. The first-order valence-electron chi connectivity index (χ1n) is 13.9. The lowest BCUT2D eigenvalue weighted by Crippen LogP contribution is -2.56. The van der Waals surface area contributed by atoms with Crippen LogP contribution in [0.2, 0.25) is 12.6 Å². The van der Waals surface area contributed by atoms with Gasteiger partial charge in [0.25, 0.3) is 5.56 Å². The largest absolute Gasteiger partial charge is 0.386 e. The van der Waals surface area contributed by atoms with Crippen LogP contribution in [0.3, 0.4) is 0 Å². The minimum atomic E-state index is -4.27. The molecule has 1 aliphatic heterocycles. The van der Waals surface area contributed by atoms with Crippen LogP contribution in [0.25, 0.3) is 11.2 Å². The van der Waals surface area contributed by atoms with Crippen molar-refractivity contribution >= 4 is 43.2 Å². The van der Waals surface area contributed by atoms with E-state index in [1.807, 2.05) is 36.4 Å². The highest BCUT2D eigenvalue weighted by atomic mass is 31.2. The number of aromatic nitrogens is 4. The predicted molar refractivity (Wildman–Crippen MR) is 163 cm³/mol. The highest BCUT2D eigenvalue weighted by Crippen LogP contribution is 2.49. The van der Waals surface area contributed by atoms with Gasteiger partial charge in [-0.2, -0.15) is 4.98 Å². The maximum atomic E-state index is 13.7. The van der Waals surface area contributed by atoms with Crippen LogP contribution in [0.4, 0.5) is 5.95 Å². The number of ether oxygens (including phenoxy) is 3. The Hall–Kier alpha value is -3.20. The van der Waals surface area contributed by atoms with E-state index in [2.05, 4.69) is 45.8 Å². The van der Waals surface area contributed by atoms with Gasteiger partial charge in [-0.15, -0.1) is 0 Å². The molecule has 5 rings (SSSR count). The van der Waals surface area contributed by atoms with E-state index in [1.54, 1.807) is 0 Å². The highest BCUT2D eigenvalue weighted by molar-refractivity contribution is 7.53. The molecule has 0 amide bonds. The third-order valence-corrected chi connectivity index (χ3v) is 14.0. The standard InChI is InChI=1S/C28H36N5O8PSi/c1-38-13-14-39-17-21-24(23(34)27(40-21)33-18-30-22-25(33)31-28(29)32-26(22)35)41-42(36,37)15-16-43(2,19-9-5-3-6-10-19)20-11-7-4-8-12-20/h3-12,18,21,23-24,27,34H,13-17H2,1-2H3,(H,36,37)(H3,29,31,32,35)/t21-,23-,24-,27-/m1/s1. The summed E-state index contributed by atoms with van der Waals surface area (Å²) in [6.45, 7) is 2.67. The molecule has 1 saturated heterocycles. The van der Waals surface area contributed by atoms with E-state index < -0.39 is 45.8 Å². The quantitative estimate of drug-likeness (QED) is 0.0943. The normalized spacial score (nSPS) is 22.1. The van der Waals surface area contributed by atoms with E-state index in [1.165, 1.54) is 18.0 Å². The average molecular weight is 630 g/mol. The molecule has 13 nitrogen and oxygen atoms in total. The summed E-state index contributed by atoms with van der Waals surface area (Å²) in [7, 11) is -5.17. The summed E-state index contributed by atoms with van der Waals surface area (Å²) < 4.78 is 37.6. The molecule has 1 aliphatic rings. The van der Waals surface area contributed by atoms with Gasteiger partial charge in [-0.05, 0) is 6.04 Å². The van der Waals surface area contributed by atoms with Gasteiger partial charge in [-0.1, -0.05) is 77.6 Å². The molecule has 1 unspecified atom stereocenters. The molecule has 0 aliphatic carbocycles. The summed E-state index contributed by atoms with van der Waals surface area (Å²) in [6, 6.07) is 20.4. The number of aliphatic hydroxyl groups is 1. The van der Waals surface area contributed by atoms with Crippen molar-refractivity contribution in [2.75, 3.05) is 38.8 Å². The molecule has 5 atom stereocenters. The Morgan fingerprint density at radius 3 is 2.40 bits per heavy atom. The van der Waals surface area contributed by atoms with Gasteiger partial charge >= 0.3 is 7.60 Å². The average Bonchev–Trinajstić information content (AvgIpc) is 3.55. The van der Waals surface area contributed by atoms with Crippen molar-refractivity contribution in [3.05, 3.63) is 77.3 Å². The number of fused-ring (bicyclic) bond motifs is 1. The van der Waals surface area contributed by atoms with Crippen LogP contribution >= 0.6 is 7.60 Å². The smallest absolute Gasteiger partial charge is 0.328 e. The van der Waals surface area contributed by atoms with Crippen molar-refractivity contribution in [1.82, 2.24) is 19.5 Å². The molecule has 0 bridgehead atoms. The number of rotatable bonds is 13. The van der Waals surface area contributed by atoms with Crippen molar-refractivity contribution in [3.8, 4) is 0 Å². The number of aliphatic hydroxyl groups excluding tert-OH is 1. The third-order valence-electron chi connectivity index (χ3n) is 7.75. The highest BCUT2D eigenvalue weighted by Gasteiger charge is 2.49. The van der Waals surface area contributed by atoms with Crippen molar-refractivity contribution < 1.29 is 33.3 Å². The molecular formula is C28H36N5O8PSi. The van der Waals surface area contributed by atoms with Crippen LogP contribution in [0.1, 0.15) is 6.23 Å². The fourth-order valence-electron chi connectivity index (χ4n) is 5.36. The molecule has 1 fully saturated rings. The van der Waals surface area contributed by atoms with Crippen molar-refractivity contribution in [2.45, 2.75) is 37.1 Å². The lowest BCUT2D eigenvalue weighted by atomic mass is 10.1. The van der Waals surface area contributed by atoms with Gasteiger partial charge in [0.1, 0.15) is 26.4 Å². The van der Waals surface area contributed by atoms with Gasteiger partial charge in [-0.25, -0.2) is 4.98 Å². The summed E-state index contributed by atoms with van der Waals surface area (Å²) in [5.41, 5.74) is 5.27. The Morgan fingerprint density at radius 2 is 1.77 bits per heavy atom. The Morgan fingerprint density at radius 1 is 1.12 bits per heavy atom. The Kier molecular flexibility index (Phi) is 9.59. The maximum Gasteiger partial charge on any atom is 0.328 e. The number of nitrogens with zero attached hydrogens (tertiary/aromatic N) is 3. The van der Waals surface area contributed by atoms with Gasteiger partial charge in [0.15, 0.2) is 17.4 Å². The monoisotopic (exact) mass is 629 g/mol. The second-order valence-electron chi connectivity index (χ2n) is 10.6. The first-order valence-corrected chi connectivity index (χ1v) is 18.3. The number of benzene rings is 2. The molecule has 230 valence electrons. The van der Waals surface area contributed by atoms with Gasteiger partial charge in [0.05, 0.1) is 26.1 Å².